The standard InChI is InChI=1S/C28H31N5O6/c1-27(16-34,17-35)18-39-26(37)24(28(2,38)23-15-30-33-32-23)31-25(36)21-11-7-19(8-12-21)5-3-4-6-20-9-13-22(29)14-10-20/h7-15,24,30,32-35,38H,16-18,29H2,1-2H3,(H,31,36)/t24-,28+/m1/s1. The van der Waals surface area contributed by atoms with E-state index in [-0.39, 0.29) is 17.9 Å². The second-order valence-electron chi connectivity index (χ2n) is 9.44. The molecule has 0 aromatic heterocycles. The summed E-state index contributed by atoms with van der Waals surface area (Å²) in [6, 6.07) is 11.8. The van der Waals surface area contributed by atoms with Crippen LogP contribution >= 0.6 is 0 Å². The average Bonchev–Trinajstić information content (AvgIpc) is 3.50. The molecule has 11 nitrogen and oxygen atoms in total. The Morgan fingerprint density at radius 2 is 1.56 bits per heavy atom. The molecule has 9 N–H and O–H groups in total. The van der Waals surface area contributed by atoms with Crippen molar-refractivity contribution < 1.29 is 29.6 Å². The lowest BCUT2D eigenvalue weighted by Crippen LogP contribution is -2.59. The summed E-state index contributed by atoms with van der Waals surface area (Å²) in [5, 5.41) is 32.7. The number of ether oxygens (including phenoxy) is 1. The van der Waals surface area contributed by atoms with Crippen LogP contribution in [-0.4, -0.2) is 58.7 Å². The molecule has 2 atom stereocenters. The largest absolute Gasteiger partial charge is 0.463 e. The normalized spacial score (nSPS) is 14.5. The van der Waals surface area contributed by atoms with Crippen molar-refractivity contribution in [2.75, 3.05) is 25.6 Å². The van der Waals surface area contributed by atoms with Gasteiger partial charge in [-0.1, -0.05) is 18.8 Å². The van der Waals surface area contributed by atoms with Crippen molar-refractivity contribution in [1.29, 1.82) is 0 Å². The molecule has 0 unspecified atom stereocenters. The first-order chi connectivity index (χ1) is 18.6. The molecule has 0 spiro atoms. The third kappa shape index (κ3) is 7.74. The molecule has 1 aliphatic heterocycles. The fraction of sp³-hybridized carbons (Fsp3) is 0.286. The van der Waals surface area contributed by atoms with Gasteiger partial charge in [-0.3, -0.25) is 4.79 Å². The Hall–Kier alpha value is -4.52. The second-order valence-corrected chi connectivity index (χ2v) is 9.44. The maximum absolute atomic E-state index is 13.0. The van der Waals surface area contributed by atoms with Gasteiger partial charge in [-0.2, -0.15) is 5.53 Å². The number of aliphatic hydroxyl groups is 3. The number of nitrogens with two attached hydrogens (primary N) is 1. The number of nitrogens with one attached hydrogen (secondary N) is 4. The average molecular weight is 534 g/mol. The van der Waals surface area contributed by atoms with Crippen molar-refractivity contribution >= 4 is 17.6 Å². The van der Waals surface area contributed by atoms with Crippen LogP contribution in [0.1, 0.15) is 35.3 Å². The van der Waals surface area contributed by atoms with E-state index in [9.17, 15) is 24.9 Å². The molecular formula is C28H31N5O6. The maximum atomic E-state index is 13.0. The van der Waals surface area contributed by atoms with Crippen LogP contribution in [0.3, 0.4) is 0 Å². The lowest BCUT2D eigenvalue weighted by molar-refractivity contribution is -0.156. The molecule has 2 aromatic carbocycles. The van der Waals surface area contributed by atoms with Gasteiger partial charge in [0.05, 0.1) is 18.9 Å². The SMILES string of the molecule is CC(CO)(CO)COC(=O)[C@@H](NC(=O)c1ccc(C#CC#Cc2ccc(N)cc2)cc1)[C@@](C)(O)C1=CNNN1. The summed E-state index contributed by atoms with van der Waals surface area (Å²) < 4.78 is 5.28. The monoisotopic (exact) mass is 533 g/mol. The number of nitrogen functional groups attached to an aromatic ring is 1. The predicted octanol–water partition coefficient (Wildman–Crippen LogP) is -0.491. The molecule has 0 saturated carbocycles. The van der Waals surface area contributed by atoms with Gasteiger partial charge in [-0.15, -0.1) is 0 Å². The lowest BCUT2D eigenvalue weighted by Gasteiger charge is -2.33. The van der Waals surface area contributed by atoms with Crippen molar-refractivity contribution in [2.45, 2.75) is 25.5 Å². The Kier molecular flexibility index (Phi) is 9.55. The predicted molar refractivity (Wildman–Crippen MR) is 144 cm³/mol. The van der Waals surface area contributed by atoms with E-state index in [0.717, 1.165) is 5.56 Å². The van der Waals surface area contributed by atoms with Crippen molar-refractivity contribution in [2.24, 2.45) is 5.41 Å². The van der Waals surface area contributed by atoms with E-state index in [2.05, 4.69) is 45.4 Å². The summed E-state index contributed by atoms with van der Waals surface area (Å²) in [7, 11) is 0. The zero-order valence-electron chi connectivity index (χ0n) is 21.5. The van der Waals surface area contributed by atoms with E-state index < -0.39 is 42.1 Å². The van der Waals surface area contributed by atoms with Crippen molar-refractivity contribution in [3.8, 4) is 23.7 Å². The molecule has 0 aliphatic carbocycles. The molecular weight excluding hydrogens is 502 g/mol. The van der Waals surface area contributed by atoms with Crippen LogP contribution in [0.5, 0.6) is 0 Å². The second kappa shape index (κ2) is 12.8. The van der Waals surface area contributed by atoms with Gasteiger partial charge in [0.1, 0.15) is 12.2 Å². The number of carbonyl (C=O) groups is 2. The van der Waals surface area contributed by atoms with Gasteiger partial charge >= 0.3 is 5.97 Å². The van der Waals surface area contributed by atoms with Gasteiger partial charge in [0.15, 0.2) is 6.04 Å². The highest BCUT2D eigenvalue weighted by Gasteiger charge is 2.44. The molecule has 0 radical (unpaired) electrons. The van der Waals surface area contributed by atoms with Crippen molar-refractivity contribution in [1.82, 2.24) is 21.7 Å². The summed E-state index contributed by atoms with van der Waals surface area (Å²) in [5.41, 5.74) is 12.9. The molecule has 3 rings (SSSR count). The van der Waals surface area contributed by atoms with Crippen molar-refractivity contribution in [3.05, 3.63) is 77.1 Å². The number of hydrazine groups is 2. The first kappa shape index (κ1) is 29.0. The highest BCUT2D eigenvalue weighted by molar-refractivity contribution is 5.97. The van der Waals surface area contributed by atoms with E-state index in [1.807, 2.05) is 0 Å². The summed E-state index contributed by atoms with van der Waals surface area (Å²) in [5.74, 6) is 9.70. The topological polar surface area (TPSA) is 178 Å². The van der Waals surface area contributed by atoms with Crippen molar-refractivity contribution in [3.63, 3.8) is 0 Å². The van der Waals surface area contributed by atoms with Crippen LogP contribution < -0.4 is 27.4 Å². The first-order valence-electron chi connectivity index (χ1n) is 11.9. The fourth-order valence-corrected chi connectivity index (χ4v) is 3.27. The summed E-state index contributed by atoms with van der Waals surface area (Å²) >= 11 is 0. The molecule has 0 saturated heterocycles. The van der Waals surface area contributed by atoms with E-state index >= 15 is 0 Å². The van der Waals surface area contributed by atoms with Crippen LogP contribution in [0.4, 0.5) is 5.69 Å². The molecule has 1 amide bonds. The number of carbonyl (C=O) groups excluding carboxylic acids is 2. The summed E-state index contributed by atoms with van der Waals surface area (Å²) in [6.45, 7) is 1.64. The van der Waals surface area contributed by atoms with Gasteiger partial charge in [-0.05, 0) is 67.3 Å². The molecule has 204 valence electrons. The quantitative estimate of drug-likeness (QED) is 0.119. The van der Waals surface area contributed by atoms with E-state index in [1.165, 1.54) is 32.2 Å². The van der Waals surface area contributed by atoms with E-state index in [1.54, 1.807) is 36.4 Å². The van der Waals surface area contributed by atoms with Gasteiger partial charge in [0.25, 0.3) is 5.91 Å². The minimum Gasteiger partial charge on any atom is -0.463 e. The van der Waals surface area contributed by atoms with Gasteiger partial charge in [0.2, 0.25) is 0 Å². The number of hydrogen-bond donors (Lipinski definition) is 8. The Morgan fingerprint density at radius 1 is 1.00 bits per heavy atom. The van der Waals surface area contributed by atoms with E-state index in [0.29, 0.717) is 11.3 Å². The van der Waals surface area contributed by atoms with Crippen LogP contribution in [-0.2, 0) is 9.53 Å². The number of esters is 1. The molecule has 1 heterocycles. The fourth-order valence-electron chi connectivity index (χ4n) is 3.27. The lowest BCUT2D eigenvalue weighted by atomic mass is 9.91. The Bertz CT molecular complexity index is 1330. The number of aliphatic hydroxyl groups excluding tert-OH is 2. The smallest absolute Gasteiger partial charge is 0.332 e. The molecule has 39 heavy (non-hydrogen) atoms. The van der Waals surface area contributed by atoms with E-state index in [4.69, 9.17) is 10.5 Å². The number of hydrogen-bond acceptors (Lipinski definition) is 10. The van der Waals surface area contributed by atoms with Crippen LogP contribution in [0.15, 0.2) is 60.4 Å². The number of anilines is 1. The molecule has 0 bridgehead atoms. The van der Waals surface area contributed by atoms with Gasteiger partial charge in [0, 0.05) is 34.0 Å². The van der Waals surface area contributed by atoms with Crippen LogP contribution in [0.2, 0.25) is 0 Å². The third-order valence-electron chi connectivity index (χ3n) is 5.96. The highest BCUT2D eigenvalue weighted by Crippen LogP contribution is 2.23. The molecule has 0 fully saturated rings. The minimum absolute atomic E-state index is 0.169. The Morgan fingerprint density at radius 3 is 2.08 bits per heavy atom. The van der Waals surface area contributed by atoms with Crippen LogP contribution in [0, 0.1) is 29.1 Å². The minimum atomic E-state index is -1.92. The zero-order chi connectivity index (χ0) is 28.5. The molecule has 2 aromatic rings. The zero-order valence-corrected chi connectivity index (χ0v) is 21.5. The van der Waals surface area contributed by atoms with Gasteiger partial charge in [-0.25, -0.2) is 4.79 Å². The number of amides is 1. The number of benzene rings is 2. The summed E-state index contributed by atoms with van der Waals surface area (Å²) in [6.07, 6.45) is 1.39. The Labute approximate surface area is 226 Å². The Balaban J connectivity index is 1.73. The molecule has 1 aliphatic rings. The third-order valence-corrected chi connectivity index (χ3v) is 5.96. The highest BCUT2D eigenvalue weighted by atomic mass is 16.5. The maximum Gasteiger partial charge on any atom is 0.332 e. The summed E-state index contributed by atoms with van der Waals surface area (Å²) in [4.78, 5) is 26.1. The first-order valence-corrected chi connectivity index (χ1v) is 11.9. The van der Waals surface area contributed by atoms with Crippen LogP contribution in [0.25, 0.3) is 0 Å². The number of rotatable bonds is 9. The van der Waals surface area contributed by atoms with Gasteiger partial charge < -0.3 is 42.0 Å². The molecule has 11 heteroatoms.